The average Bonchev–Trinajstić information content (AvgIpc) is 2.49. The van der Waals surface area contributed by atoms with Crippen molar-refractivity contribution in [2.24, 2.45) is 5.10 Å². The second-order valence-electron chi connectivity index (χ2n) is 4.67. The van der Waals surface area contributed by atoms with Crippen LogP contribution in [-0.4, -0.2) is 44.8 Å². The van der Waals surface area contributed by atoms with Crippen molar-refractivity contribution in [1.82, 2.24) is 10.7 Å². The highest BCUT2D eigenvalue weighted by Crippen LogP contribution is 2.36. The molecule has 0 radical (unpaired) electrons. The van der Waals surface area contributed by atoms with E-state index in [1.54, 1.807) is 20.4 Å². The molecule has 6 nitrogen and oxygen atoms in total. The Labute approximate surface area is 150 Å². The molecule has 1 atom stereocenters. The van der Waals surface area contributed by atoms with Gasteiger partial charge in [-0.3, -0.25) is 5.43 Å². The summed E-state index contributed by atoms with van der Waals surface area (Å²) >= 11 is 8.62. The van der Waals surface area contributed by atoms with Gasteiger partial charge in [-0.1, -0.05) is 0 Å². The SMILES string of the molecule is CCOc1c(Br)cc(/C=N\NC(=S)N[C@@H](C)COC)cc1OC. The van der Waals surface area contributed by atoms with E-state index in [0.717, 1.165) is 10.0 Å². The first-order valence-corrected chi connectivity index (χ1v) is 8.30. The summed E-state index contributed by atoms with van der Waals surface area (Å²) in [5.41, 5.74) is 3.61. The molecule has 0 heterocycles. The molecule has 0 aliphatic heterocycles. The van der Waals surface area contributed by atoms with E-state index in [-0.39, 0.29) is 6.04 Å². The van der Waals surface area contributed by atoms with Crippen LogP contribution in [0.15, 0.2) is 21.7 Å². The molecule has 0 amide bonds. The number of rotatable bonds is 8. The highest BCUT2D eigenvalue weighted by atomic mass is 79.9. The monoisotopic (exact) mass is 403 g/mol. The van der Waals surface area contributed by atoms with Gasteiger partial charge in [0.25, 0.3) is 0 Å². The van der Waals surface area contributed by atoms with Gasteiger partial charge >= 0.3 is 0 Å². The molecule has 0 bridgehead atoms. The molecule has 23 heavy (non-hydrogen) atoms. The lowest BCUT2D eigenvalue weighted by Crippen LogP contribution is -2.40. The fraction of sp³-hybridized carbons (Fsp3) is 0.467. The minimum atomic E-state index is 0.106. The lowest BCUT2D eigenvalue weighted by atomic mass is 10.2. The van der Waals surface area contributed by atoms with Gasteiger partial charge in [0.15, 0.2) is 16.6 Å². The van der Waals surface area contributed by atoms with E-state index in [2.05, 4.69) is 31.8 Å². The van der Waals surface area contributed by atoms with E-state index in [1.807, 2.05) is 26.0 Å². The first-order valence-electron chi connectivity index (χ1n) is 7.10. The maximum absolute atomic E-state index is 5.55. The van der Waals surface area contributed by atoms with Gasteiger partial charge in [-0.15, -0.1) is 0 Å². The summed E-state index contributed by atoms with van der Waals surface area (Å²) in [7, 11) is 3.24. The van der Waals surface area contributed by atoms with Gasteiger partial charge in [-0.2, -0.15) is 5.10 Å². The predicted octanol–water partition coefficient (Wildman–Crippen LogP) is 2.69. The van der Waals surface area contributed by atoms with E-state index in [9.17, 15) is 0 Å². The van der Waals surface area contributed by atoms with E-state index < -0.39 is 0 Å². The zero-order valence-corrected chi connectivity index (χ0v) is 16.1. The third-order valence-electron chi connectivity index (χ3n) is 2.71. The van der Waals surface area contributed by atoms with Gasteiger partial charge in [-0.25, -0.2) is 0 Å². The summed E-state index contributed by atoms with van der Waals surface area (Å²) in [6.45, 7) is 5.01. The Balaban J connectivity index is 2.70. The molecule has 0 spiro atoms. The summed E-state index contributed by atoms with van der Waals surface area (Å²) in [5, 5.41) is 7.60. The molecule has 128 valence electrons. The number of methoxy groups -OCH3 is 2. The molecule has 0 aliphatic carbocycles. The first kappa shape index (κ1) is 19.7. The van der Waals surface area contributed by atoms with Crippen molar-refractivity contribution in [1.29, 1.82) is 0 Å². The lowest BCUT2D eigenvalue weighted by molar-refractivity contribution is 0.179. The van der Waals surface area contributed by atoms with Gasteiger partial charge < -0.3 is 19.5 Å². The Morgan fingerprint density at radius 2 is 2.17 bits per heavy atom. The van der Waals surface area contributed by atoms with E-state index in [1.165, 1.54) is 0 Å². The van der Waals surface area contributed by atoms with Crippen molar-refractivity contribution in [2.45, 2.75) is 19.9 Å². The highest BCUT2D eigenvalue weighted by molar-refractivity contribution is 9.10. The van der Waals surface area contributed by atoms with Gasteiger partial charge in [0.05, 0.1) is 31.0 Å². The van der Waals surface area contributed by atoms with Crippen LogP contribution in [-0.2, 0) is 4.74 Å². The molecule has 0 unspecified atom stereocenters. The van der Waals surface area contributed by atoms with E-state index >= 15 is 0 Å². The van der Waals surface area contributed by atoms with Crippen LogP contribution < -0.4 is 20.2 Å². The fourth-order valence-electron chi connectivity index (χ4n) is 1.81. The van der Waals surface area contributed by atoms with Gasteiger partial charge in [0, 0.05) is 13.2 Å². The minimum absolute atomic E-state index is 0.106. The Kier molecular flexibility index (Phi) is 8.90. The third-order valence-corrected chi connectivity index (χ3v) is 3.51. The molecular formula is C15H22BrN3O3S. The third kappa shape index (κ3) is 6.72. The van der Waals surface area contributed by atoms with Crippen LogP contribution in [0.25, 0.3) is 0 Å². The molecule has 0 fully saturated rings. The maximum Gasteiger partial charge on any atom is 0.187 e. The van der Waals surface area contributed by atoms with Crippen molar-refractivity contribution in [2.75, 3.05) is 27.4 Å². The van der Waals surface area contributed by atoms with Crippen molar-refractivity contribution >= 4 is 39.5 Å². The highest BCUT2D eigenvalue weighted by Gasteiger charge is 2.10. The maximum atomic E-state index is 5.55. The predicted molar refractivity (Wildman–Crippen MR) is 99.7 cm³/mol. The second-order valence-corrected chi connectivity index (χ2v) is 5.93. The van der Waals surface area contributed by atoms with E-state index in [0.29, 0.717) is 29.8 Å². The van der Waals surface area contributed by atoms with Crippen LogP contribution in [0.5, 0.6) is 11.5 Å². The van der Waals surface area contributed by atoms with Crippen LogP contribution in [0.2, 0.25) is 0 Å². The number of ether oxygens (including phenoxy) is 3. The molecule has 1 aromatic carbocycles. The number of nitrogens with zero attached hydrogens (tertiary/aromatic N) is 1. The number of hydrogen-bond donors (Lipinski definition) is 2. The topological polar surface area (TPSA) is 64.1 Å². The Morgan fingerprint density at radius 1 is 1.43 bits per heavy atom. The summed E-state index contributed by atoms with van der Waals surface area (Å²) in [6, 6.07) is 3.84. The molecule has 0 saturated carbocycles. The largest absolute Gasteiger partial charge is 0.493 e. The van der Waals surface area contributed by atoms with Crippen LogP contribution in [0.3, 0.4) is 0 Å². The molecule has 2 N–H and O–H groups in total. The standard InChI is InChI=1S/C15H22BrN3O3S/c1-5-22-14-12(16)6-11(7-13(14)21-4)8-17-19-15(23)18-10(2)9-20-3/h6-8,10H,5,9H2,1-4H3,(H2,18,19,23)/b17-8-/t10-/m0/s1. The van der Waals surface area contributed by atoms with Gasteiger partial charge in [-0.05, 0) is 59.7 Å². The Morgan fingerprint density at radius 3 is 2.78 bits per heavy atom. The molecular weight excluding hydrogens is 382 g/mol. The quantitative estimate of drug-likeness (QED) is 0.395. The van der Waals surface area contributed by atoms with Crippen LogP contribution in [0.4, 0.5) is 0 Å². The molecule has 0 aromatic heterocycles. The van der Waals surface area contributed by atoms with Crippen molar-refractivity contribution < 1.29 is 14.2 Å². The van der Waals surface area contributed by atoms with Gasteiger partial charge in [0.1, 0.15) is 0 Å². The Hall–Kier alpha value is -1.38. The smallest absolute Gasteiger partial charge is 0.187 e. The van der Waals surface area contributed by atoms with Crippen molar-refractivity contribution in [3.05, 3.63) is 22.2 Å². The number of nitrogens with one attached hydrogen (secondary N) is 2. The number of hydrazone groups is 1. The van der Waals surface area contributed by atoms with Crippen LogP contribution in [0.1, 0.15) is 19.4 Å². The summed E-state index contributed by atoms with van der Waals surface area (Å²) in [5.74, 6) is 1.31. The van der Waals surface area contributed by atoms with Crippen molar-refractivity contribution in [3.63, 3.8) is 0 Å². The fourth-order valence-corrected chi connectivity index (χ4v) is 2.64. The van der Waals surface area contributed by atoms with Gasteiger partial charge in [0.2, 0.25) is 0 Å². The summed E-state index contributed by atoms with van der Waals surface area (Å²) < 4.78 is 16.7. The molecule has 1 aromatic rings. The number of thiocarbonyl (C=S) groups is 1. The number of hydrogen-bond acceptors (Lipinski definition) is 5. The zero-order valence-electron chi connectivity index (χ0n) is 13.7. The van der Waals surface area contributed by atoms with E-state index in [4.69, 9.17) is 26.4 Å². The first-order chi connectivity index (χ1) is 11.0. The normalized spacial score (nSPS) is 12.0. The minimum Gasteiger partial charge on any atom is -0.493 e. The number of benzene rings is 1. The average molecular weight is 404 g/mol. The Bertz CT molecular complexity index is 555. The van der Waals surface area contributed by atoms with Crippen LogP contribution >= 0.6 is 28.1 Å². The molecule has 0 saturated heterocycles. The van der Waals surface area contributed by atoms with Crippen molar-refractivity contribution in [3.8, 4) is 11.5 Å². The molecule has 8 heteroatoms. The summed E-state index contributed by atoms with van der Waals surface area (Å²) in [4.78, 5) is 0. The second kappa shape index (κ2) is 10.4. The zero-order chi connectivity index (χ0) is 17.2. The lowest BCUT2D eigenvalue weighted by Gasteiger charge is -2.14. The summed E-state index contributed by atoms with van der Waals surface area (Å²) in [6.07, 6.45) is 1.65. The molecule has 0 aliphatic rings. The number of halogens is 1. The molecule has 1 rings (SSSR count). The van der Waals surface area contributed by atoms with Crippen LogP contribution in [0, 0.1) is 0 Å².